The van der Waals surface area contributed by atoms with Gasteiger partial charge in [-0.05, 0) is 30.5 Å². The standard InChI is InChI=1S/C14H19N5/c1-9(2)10-5-12-13(16-6-10)14(18-8-17-12)19-11-3-4-15-7-11/h5-6,8-9,11,15H,3-4,7H2,1-2H3,(H,17,18,19)/t11-/m1/s1. The van der Waals surface area contributed by atoms with Crippen LogP contribution in [0.1, 0.15) is 31.7 Å². The van der Waals surface area contributed by atoms with E-state index in [-0.39, 0.29) is 0 Å². The number of hydrogen-bond acceptors (Lipinski definition) is 5. The van der Waals surface area contributed by atoms with E-state index in [0.717, 1.165) is 36.4 Å². The quantitative estimate of drug-likeness (QED) is 0.879. The maximum atomic E-state index is 4.54. The van der Waals surface area contributed by atoms with Crippen molar-refractivity contribution in [1.29, 1.82) is 0 Å². The molecule has 0 saturated carbocycles. The molecule has 3 rings (SSSR count). The van der Waals surface area contributed by atoms with Gasteiger partial charge in [-0.15, -0.1) is 0 Å². The highest BCUT2D eigenvalue weighted by atomic mass is 15.1. The van der Waals surface area contributed by atoms with Crippen molar-refractivity contribution in [3.63, 3.8) is 0 Å². The van der Waals surface area contributed by atoms with Gasteiger partial charge >= 0.3 is 0 Å². The molecule has 0 radical (unpaired) electrons. The lowest BCUT2D eigenvalue weighted by Gasteiger charge is -2.13. The van der Waals surface area contributed by atoms with Crippen LogP contribution in [0.2, 0.25) is 0 Å². The summed E-state index contributed by atoms with van der Waals surface area (Å²) in [6, 6.07) is 2.54. The fourth-order valence-electron chi connectivity index (χ4n) is 2.35. The van der Waals surface area contributed by atoms with Crippen molar-refractivity contribution in [1.82, 2.24) is 20.3 Å². The first-order chi connectivity index (χ1) is 9.24. The predicted octanol–water partition coefficient (Wildman–Crippen LogP) is 1.92. The van der Waals surface area contributed by atoms with Crippen LogP contribution in [0, 0.1) is 0 Å². The lowest BCUT2D eigenvalue weighted by Crippen LogP contribution is -2.23. The summed E-state index contributed by atoms with van der Waals surface area (Å²) in [5.41, 5.74) is 2.98. The molecule has 0 aromatic carbocycles. The third kappa shape index (κ3) is 2.51. The molecular weight excluding hydrogens is 238 g/mol. The van der Waals surface area contributed by atoms with Gasteiger partial charge in [0.2, 0.25) is 0 Å². The fraction of sp³-hybridized carbons (Fsp3) is 0.500. The second-order valence-electron chi connectivity index (χ2n) is 5.35. The molecule has 1 aliphatic rings. The molecule has 0 aliphatic carbocycles. The first-order valence-electron chi connectivity index (χ1n) is 6.82. The molecule has 1 aliphatic heterocycles. The van der Waals surface area contributed by atoms with Crippen molar-refractivity contribution in [2.75, 3.05) is 18.4 Å². The Morgan fingerprint density at radius 1 is 1.32 bits per heavy atom. The van der Waals surface area contributed by atoms with E-state index >= 15 is 0 Å². The van der Waals surface area contributed by atoms with Crippen molar-refractivity contribution >= 4 is 16.9 Å². The van der Waals surface area contributed by atoms with Crippen LogP contribution in [0.4, 0.5) is 5.82 Å². The van der Waals surface area contributed by atoms with Gasteiger partial charge in [0.05, 0.1) is 5.52 Å². The molecule has 1 fully saturated rings. The normalized spacial score (nSPS) is 19.2. The summed E-state index contributed by atoms with van der Waals surface area (Å²) < 4.78 is 0. The van der Waals surface area contributed by atoms with Gasteiger partial charge in [-0.25, -0.2) is 9.97 Å². The van der Waals surface area contributed by atoms with Crippen molar-refractivity contribution < 1.29 is 0 Å². The lowest BCUT2D eigenvalue weighted by molar-refractivity contribution is 0.788. The van der Waals surface area contributed by atoms with Crippen LogP contribution in [0.5, 0.6) is 0 Å². The molecule has 2 aromatic heterocycles. The molecule has 2 N–H and O–H groups in total. The molecule has 0 amide bonds. The highest BCUT2D eigenvalue weighted by molar-refractivity contribution is 5.85. The van der Waals surface area contributed by atoms with Gasteiger partial charge in [-0.3, -0.25) is 4.98 Å². The third-order valence-electron chi connectivity index (χ3n) is 3.56. The van der Waals surface area contributed by atoms with E-state index in [1.54, 1.807) is 6.33 Å². The number of rotatable bonds is 3. The number of anilines is 1. The molecule has 3 heterocycles. The van der Waals surface area contributed by atoms with Crippen molar-refractivity contribution in [3.05, 3.63) is 24.2 Å². The number of pyridine rings is 1. The van der Waals surface area contributed by atoms with E-state index in [9.17, 15) is 0 Å². The van der Waals surface area contributed by atoms with Crippen LogP contribution in [-0.2, 0) is 0 Å². The zero-order valence-electron chi connectivity index (χ0n) is 11.3. The van der Waals surface area contributed by atoms with Crippen LogP contribution < -0.4 is 10.6 Å². The smallest absolute Gasteiger partial charge is 0.156 e. The van der Waals surface area contributed by atoms with Gasteiger partial charge in [-0.2, -0.15) is 0 Å². The van der Waals surface area contributed by atoms with Crippen LogP contribution in [0.3, 0.4) is 0 Å². The maximum Gasteiger partial charge on any atom is 0.156 e. The molecule has 2 aromatic rings. The van der Waals surface area contributed by atoms with Gasteiger partial charge < -0.3 is 10.6 Å². The van der Waals surface area contributed by atoms with Crippen molar-refractivity contribution in [2.45, 2.75) is 32.2 Å². The average Bonchev–Trinajstić information content (AvgIpc) is 2.91. The summed E-state index contributed by atoms with van der Waals surface area (Å²) in [7, 11) is 0. The molecule has 0 bridgehead atoms. The molecule has 0 unspecified atom stereocenters. The first kappa shape index (κ1) is 12.3. The minimum Gasteiger partial charge on any atom is -0.364 e. The number of fused-ring (bicyclic) bond motifs is 1. The summed E-state index contributed by atoms with van der Waals surface area (Å²) in [6.45, 7) is 6.36. The predicted molar refractivity (Wildman–Crippen MR) is 76.3 cm³/mol. The fourth-order valence-corrected chi connectivity index (χ4v) is 2.35. The average molecular weight is 257 g/mol. The Balaban J connectivity index is 1.95. The zero-order chi connectivity index (χ0) is 13.2. The Hall–Kier alpha value is -1.75. The Morgan fingerprint density at radius 3 is 2.95 bits per heavy atom. The SMILES string of the molecule is CC(C)c1cnc2c(N[C@@H]3CCNC3)ncnc2c1. The summed E-state index contributed by atoms with van der Waals surface area (Å²) in [5.74, 6) is 1.30. The Labute approximate surface area is 112 Å². The largest absolute Gasteiger partial charge is 0.364 e. The monoisotopic (exact) mass is 257 g/mol. The van der Waals surface area contributed by atoms with E-state index in [1.807, 2.05) is 6.20 Å². The third-order valence-corrected chi connectivity index (χ3v) is 3.56. The summed E-state index contributed by atoms with van der Waals surface area (Å²) in [6.07, 6.45) is 4.66. The Morgan fingerprint density at radius 2 is 2.21 bits per heavy atom. The van der Waals surface area contributed by atoms with E-state index in [0.29, 0.717) is 12.0 Å². The van der Waals surface area contributed by atoms with Gasteiger partial charge in [0, 0.05) is 18.8 Å². The number of nitrogens with one attached hydrogen (secondary N) is 2. The Kier molecular flexibility index (Phi) is 3.29. The maximum absolute atomic E-state index is 4.54. The molecular formula is C14H19N5. The highest BCUT2D eigenvalue weighted by Gasteiger charge is 2.16. The Bertz CT molecular complexity index is 575. The van der Waals surface area contributed by atoms with Gasteiger partial charge in [0.1, 0.15) is 11.8 Å². The van der Waals surface area contributed by atoms with Gasteiger partial charge in [0.25, 0.3) is 0 Å². The second-order valence-corrected chi connectivity index (χ2v) is 5.35. The van der Waals surface area contributed by atoms with Crippen molar-refractivity contribution in [3.8, 4) is 0 Å². The lowest BCUT2D eigenvalue weighted by atomic mass is 10.1. The molecule has 5 nitrogen and oxygen atoms in total. The minimum atomic E-state index is 0.435. The minimum absolute atomic E-state index is 0.435. The van der Waals surface area contributed by atoms with E-state index in [2.05, 4.69) is 45.5 Å². The number of nitrogens with zero attached hydrogens (tertiary/aromatic N) is 3. The van der Waals surface area contributed by atoms with E-state index in [4.69, 9.17) is 0 Å². The highest BCUT2D eigenvalue weighted by Crippen LogP contribution is 2.22. The summed E-state index contributed by atoms with van der Waals surface area (Å²) >= 11 is 0. The summed E-state index contributed by atoms with van der Waals surface area (Å²) in [4.78, 5) is 13.2. The zero-order valence-corrected chi connectivity index (χ0v) is 11.3. The van der Waals surface area contributed by atoms with E-state index < -0.39 is 0 Å². The summed E-state index contributed by atoms with van der Waals surface area (Å²) in [5, 5.41) is 6.79. The number of hydrogen-bond donors (Lipinski definition) is 2. The first-order valence-corrected chi connectivity index (χ1v) is 6.82. The molecule has 1 atom stereocenters. The van der Waals surface area contributed by atoms with Crippen LogP contribution in [-0.4, -0.2) is 34.1 Å². The second kappa shape index (κ2) is 5.09. The van der Waals surface area contributed by atoms with Crippen LogP contribution in [0.25, 0.3) is 11.0 Å². The van der Waals surface area contributed by atoms with Gasteiger partial charge in [0.15, 0.2) is 5.82 Å². The van der Waals surface area contributed by atoms with E-state index in [1.165, 1.54) is 5.56 Å². The molecule has 19 heavy (non-hydrogen) atoms. The van der Waals surface area contributed by atoms with Crippen LogP contribution >= 0.6 is 0 Å². The van der Waals surface area contributed by atoms with Crippen molar-refractivity contribution in [2.24, 2.45) is 0 Å². The molecule has 5 heteroatoms. The molecule has 0 spiro atoms. The molecule has 1 saturated heterocycles. The molecule has 100 valence electrons. The van der Waals surface area contributed by atoms with Gasteiger partial charge in [-0.1, -0.05) is 13.8 Å². The van der Waals surface area contributed by atoms with Crippen LogP contribution in [0.15, 0.2) is 18.6 Å². The number of aromatic nitrogens is 3. The topological polar surface area (TPSA) is 62.7 Å².